The molecule has 19 heavy (non-hydrogen) atoms. The third-order valence-corrected chi connectivity index (χ3v) is 2.25. The first-order valence-corrected chi connectivity index (χ1v) is 5.23. The van der Waals surface area contributed by atoms with Crippen molar-refractivity contribution >= 4 is 17.3 Å². The first kappa shape index (κ1) is 13.1. The van der Waals surface area contributed by atoms with Crippen molar-refractivity contribution in [2.24, 2.45) is 5.84 Å². The molecule has 1 heterocycles. The van der Waals surface area contributed by atoms with Crippen molar-refractivity contribution in [2.75, 3.05) is 10.7 Å². The smallest absolute Gasteiger partial charge is 0.152 e. The molecule has 2 rings (SSSR count). The maximum Gasteiger partial charge on any atom is 0.152 e. The number of nitrogens with one attached hydrogen (secondary N) is 2. The number of anilines is 3. The van der Waals surface area contributed by atoms with Gasteiger partial charge in [0.15, 0.2) is 11.6 Å². The van der Waals surface area contributed by atoms with E-state index in [1.807, 2.05) is 0 Å². The maximum atomic E-state index is 13.5. The molecule has 1 aromatic carbocycles. The Morgan fingerprint density at radius 2 is 1.58 bits per heavy atom. The fourth-order valence-corrected chi connectivity index (χ4v) is 1.50. The Bertz CT molecular complexity index is 594. The minimum Gasteiger partial charge on any atom is -0.335 e. The molecule has 0 aliphatic rings. The molecule has 1 aromatic heterocycles. The SMILES string of the molecule is Cc1nc(NN)cc(Nc2c(F)cc(F)cc2F)n1. The van der Waals surface area contributed by atoms with Gasteiger partial charge in [0, 0.05) is 18.2 Å². The number of hydrogen-bond donors (Lipinski definition) is 3. The number of nitrogens with zero attached hydrogens (tertiary/aromatic N) is 2. The van der Waals surface area contributed by atoms with Crippen molar-refractivity contribution in [2.45, 2.75) is 6.92 Å². The van der Waals surface area contributed by atoms with Crippen molar-refractivity contribution in [1.29, 1.82) is 0 Å². The van der Waals surface area contributed by atoms with Crippen LogP contribution in [-0.4, -0.2) is 9.97 Å². The highest BCUT2D eigenvalue weighted by Crippen LogP contribution is 2.24. The van der Waals surface area contributed by atoms with Gasteiger partial charge in [-0.1, -0.05) is 0 Å². The molecule has 0 amide bonds. The number of benzene rings is 1. The van der Waals surface area contributed by atoms with Crippen LogP contribution in [0.15, 0.2) is 18.2 Å². The fraction of sp³-hybridized carbons (Fsp3) is 0.0909. The second-order valence-corrected chi connectivity index (χ2v) is 3.70. The fourth-order valence-electron chi connectivity index (χ4n) is 1.50. The molecule has 8 heteroatoms. The Hall–Kier alpha value is -2.35. The zero-order chi connectivity index (χ0) is 14.0. The third-order valence-electron chi connectivity index (χ3n) is 2.25. The molecule has 0 fully saturated rings. The number of aromatic nitrogens is 2. The number of aryl methyl sites for hydroxylation is 1. The molecule has 0 aliphatic carbocycles. The second kappa shape index (κ2) is 5.11. The lowest BCUT2D eigenvalue weighted by molar-refractivity contribution is 0.548. The van der Waals surface area contributed by atoms with Gasteiger partial charge in [0.25, 0.3) is 0 Å². The molecular formula is C11H10F3N5. The van der Waals surface area contributed by atoms with E-state index in [-0.39, 0.29) is 11.6 Å². The maximum absolute atomic E-state index is 13.5. The summed E-state index contributed by atoms with van der Waals surface area (Å²) in [6.45, 7) is 1.59. The predicted octanol–water partition coefficient (Wildman–Crippen LogP) is 2.23. The zero-order valence-electron chi connectivity index (χ0n) is 9.84. The van der Waals surface area contributed by atoms with Crippen LogP contribution in [0.1, 0.15) is 5.82 Å². The van der Waals surface area contributed by atoms with Crippen LogP contribution in [-0.2, 0) is 0 Å². The van der Waals surface area contributed by atoms with Crippen molar-refractivity contribution in [3.63, 3.8) is 0 Å². The summed E-state index contributed by atoms with van der Waals surface area (Å²) in [6.07, 6.45) is 0. The number of hydrazine groups is 1. The number of hydrogen-bond acceptors (Lipinski definition) is 5. The molecule has 2 aromatic rings. The minimum absolute atomic E-state index is 0.129. The highest BCUT2D eigenvalue weighted by Gasteiger charge is 2.12. The Morgan fingerprint density at radius 1 is 1.00 bits per heavy atom. The summed E-state index contributed by atoms with van der Waals surface area (Å²) in [6, 6.07) is 2.50. The molecule has 0 atom stereocenters. The van der Waals surface area contributed by atoms with E-state index in [0.717, 1.165) is 0 Å². The minimum atomic E-state index is -1.06. The molecule has 4 N–H and O–H groups in total. The van der Waals surface area contributed by atoms with Gasteiger partial charge >= 0.3 is 0 Å². The van der Waals surface area contributed by atoms with Gasteiger partial charge in [-0.05, 0) is 6.92 Å². The van der Waals surface area contributed by atoms with Gasteiger partial charge in [0.2, 0.25) is 0 Å². The van der Waals surface area contributed by atoms with Crippen molar-refractivity contribution in [1.82, 2.24) is 9.97 Å². The van der Waals surface area contributed by atoms with Crippen molar-refractivity contribution in [3.05, 3.63) is 41.5 Å². The largest absolute Gasteiger partial charge is 0.335 e. The lowest BCUT2D eigenvalue weighted by Crippen LogP contribution is -2.11. The topological polar surface area (TPSA) is 75.9 Å². The normalized spacial score (nSPS) is 10.4. The average Bonchev–Trinajstić information content (AvgIpc) is 2.33. The standard InChI is InChI=1S/C11H10F3N5/c1-5-16-9(4-10(17-5)19-15)18-11-7(13)2-6(12)3-8(11)14/h2-4H,15H2,1H3,(H2,16,17,18,19). The van der Waals surface area contributed by atoms with Gasteiger partial charge in [-0.3, -0.25) is 0 Å². The molecule has 0 aliphatic heterocycles. The van der Waals surface area contributed by atoms with Crippen LogP contribution in [0.3, 0.4) is 0 Å². The third kappa shape index (κ3) is 2.91. The highest BCUT2D eigenvalue weighted by atomic mass is 19.1. The van der Waals surface area contributed by atoms with E-state index in [4.69, 9.17) is 5.84 Å². The molecule has 100 valence electrons. The zero-order valence-corrected chi connectivity index (χ0v) is 9.84. The van der Waals surface area contributed by atoms with Crippen LogP contribution >= 0.6 is 0 Å². The monoisotopic (exact) mass is 269 g/mol. The summed E-state index contributed by atoms with van der Waals surface area (Å²) in [5, 5.41) is 2.42. The highest BCUT2D eigenvalue weighted by molar-refractivity contribution is 5.60. The molecule has 0 spiro atoms. The van der Waals surface area contributed by atoms with E-state index in [1.165, 1.54) is 6.07 Å². The first-order valence-electron chi connectivity index (χ1n) is 5.23. The molecule has 0 saturated carbocycles. The van der Waals surface area contributed by atoms with Crippen LogP contribution in [0.4, 0.5) is 30.5 Å². The molecule has 5 nitrogen and oxygen atoms in total. The summed E-state index contributed by atoms with van der Waals surface area (Å²) in [5.74, 6) is 2.83. The summed E-state index contributed by atoms with van der Waals surface area (Å²) in [5.41, 5.74) is 1.80. The Labute approximate surface area is 106 Å². The Morgan fingerprint density at radius 3 is 2.16 bits per heavy atom. The lowest BCUT2D eigenvalue weighted by atomic mass is 10.2. The Kier molecular flexibility index (Phi) is 3.52. The summed E-state index contributed by atoms with van der Waals surface area (Å²) in [4.78, 5) is 7.86. The van der Waals surface area contributed by atoms with Gasteiger partial charge < -0.3 is 10.7 Å². The van der Waals surface area contributed by atoms with Gasteiger partial charge in [-0.25, -0.2) is 29.0 Å². The van der Waals surface area contributed by atoms with E-state index in [0.29, 0.717) is 18.0 Å². The van der Waals surface area contributed by atoms with Gasteiger partial charge in [-0.15, -0.1) is 0 Å². The molecule has 0 unspecified atom stereocenters. The van der Waals surface area contributed by atoms with E-state index in [9.17, 15) is 13.2 Å². The number of halogens is 3. The van der Waals surface area contributed by atoms with E-state index in [2.05, 4.69) is 20.7 Å². The van der Waals surface area contributed by atoms with Gasteiger partial charge in [-0.2, -0.15) is 0 Å². The van der Waals surface area contributed by atoms with Crippen LogP contribution < -0.4 is 16.6 Å². The van der Waals surface area contributed by atoms with E-state index >= 15 is 0 Å². The number of nitrogens with two attached hydrogens (primary N) is 1. The van der Waals surface area contributed by atoms with E-state index in [1.54, 1.807) is 6.92 Å². The average molecular weight is 269 g/mol. The molecule has 0 saturated heterocycles. The van der Waals surface area contributed by atoms with Crippen molar-refractivity contribution < 1.29 is 13.2 Å². The summed E-state index contributed by atoms with van der Waals surface area (Å²) in [7, 11) is 0. The number of rotatable bonds is 3. The van der Waals surface area contributed by atoms with Crippen LogP contribution in [0, 0.1) is 24.4 Å². The van der Waals surface area contributed by atoms with Crippen LogP contribution in [0.2, 0.25) is 0 Å². The van der Waals surface area contributed by atoms with Gasteiger partial charge in [0.05, 0.1) is 0 Å². The lowest BCUT2D eigenvalue weighted by Gasteiger charge is -2.10. The molecule has 0 bridgehead atoms. The summed E-state index contributed by atoms with van der Waals surface area (Å²) < 4.78 is 39.7. The van der Waals surface area contributed by atoms with Crippen LogP contribution in [0.5, 0.6) is 0 Å². The molecular weight excluding hydrogens is 259 g/mol. The molecule has 0 radical (unpaired) electrons. The number of nitrogen functional groups attached to an aromatic ring is 1. The van der Waals surface area contributed by atoms with Crippen LogP contribution in [0.25, 0.3) is 0 Å². The second-order valence-electron chi connectivity index (χ2n) is 3.70. The van der Waals surface area contributed by atoms with Crippen molar-refractivity contribution in [3.8, 4) is 0 Å². The first-order chi connectivity index (χ1) is 8.99. The van der Waals surface area contributed by atoms with Gasteiger partial charge in [0.1, 0.15) is 29.0 Å². The predicted molar refractivity (Wildman–Crippen MR) is 64.2 cm³/mol. The quantitative estimate of drug-likeness (QED) is 0.588. The summed E-state index contributed by atoms with van der Waals surface area (Å²) >= 11 is 0. The van der Waals surface area contributed by atoms with E-state index < -0.39 is 23.1 Å². The Balaban J connectivity index is 2.39.